The lowest BCUT2D eigenvalue weighted by Gasteiger charge is -2.24. The first-order chi connectivity index (χ1) is 14.4. The minimum atomic E-state index is -1.06. The number of anilines is 1. The molecule has 0 aromatic heterocycles. The molecule has 8 nitrogen and oxygen atoms in total. The summed E-state index contributed by atoms with van der Waals surface area (Å²) < 4.78 is 0. The van der Waals surface area contributed by atoms with Crippen molar-refractivity contribution >= 4 is 29.4 Å². The average Bonchev–Trinajstić information content (AvgIpc) is 3.12. The molecule has 4 rings (SSSR count). The van der Waals surface area contributed by atoms with Crippen molar-refractivity contribution in [3.8, 4) is 11.1 Å². The highest BCUT2D eigenvalue weighted by Gasteiger charge is 2.45. The molecule has 8 heteroatoms. The summed E-state index contributed by atoms with van der Waals surface area (Å²) in [5, 5.41) is 14.3. The van der Waals surface area contributed by atoms with Crippen LogP contribution in [0.3, 0.4) is 0 Å². The molecule has 0 aliphatic carbocycles. The first kappa shape index (κ1) is 19.6. The van der Waals surface area contributed by atoms with Crippen LogP contribution in [0.5, 0.6) is 0 Å². The van der Waals surface area contributed by atoms with Crippen molar-refractivity contribution in [2.75, 3.05) is 11.9 Å². The van der Waals surface area contributed by atoms with Gasteiger partial charge in [-0.25, -0.2) is 0 Å². The SMILES string of the molecule is O=C(O)CCC(=O)N[C@H]1CCN2C(=O)c3cc(-c4ccccc4)ccc3NC(=O)[C@H]12. The number of fused-ring (bicyclic) bond motifs is 2. The zero-order valence-corrected chi connectivity index (χ0v) is 16.1. The zero-order valence-electron chi connectivity index (χ0n) is 16.1. The maximum atomic E-state index is 13.2. The minimum Gasteiger partial charge on any atom is -0.481 e. The monoisotopic (exact) mass is 407 g/mol. The Hall–Kier alpha value is -3.68. The number of hydrogen-bond donors (Lipinski definition) is 3. The van der Waals surface area contributed by atoms with Crippen molar-refractivity contribution in [2.45, 2.75) is 31.3 Å². The molecular formula is C22H21N3O5. The standard InChI is InChI=1S/C22H21N3O5/c26-18(8-9-19(27)28)23-17-10-11-25-20(17)21(29)24-16-7-6-14(12-15(16)22(25)30)13-4-2-1-3-5-13/h1-7,12,17,20H,8-11H2,(H,23,26)(H,24,29)(H,27,28)/t17-,20-/m0/s1. The lowest BCUT2D eigenvalue weighted by Crippen LogP contribution is -2.51. The lowest BCUT2D eigenvalue weighted by molar-refractivity contribution is -0.139. The molecule has 0 unspecified atom stereocenters. The van der Waals surface area contributed by atoms with Gasteiger partial charge in [-0.1, -0.05) is 36.4 Å². The third-order valence-corrected chi connectivity index (χ3v) is 5.45. The summed E-state index contributed by atoms with van der Waals surface area (Å²) >= 11 is 0. The van der Waals surface area contributed by atoms with Crippen molar-refractivity contribution in [1.29, 1.82) is 0 Å². The molecule has 154 valence electrons. The highest BCUT2D eigenvalue weighted by atomic mass is 16.4. The van der Waals surface area contributed by atoms with E-state index in [9.17, 15) is 19.2 Å². The lowest BCUT2D eigenvalue weighted by atomic mass is 10.0. The van der Waals surface area contributed by atoms with Crippen LogP contribution in [0.15, 0.2) is 48.5 Å². The van der Waals surface area contributed by atoms with E-state index in [4.69, 9.17) is 5.11 Å². The number of carbonyl (C=O) groups is 4. The molecule has 2 aliphatic heterocycles. The van der Waals surface area contributed by atoms with Gasteiger partial charge in [0, 0.05) is 13.0 Å². The molecule has 2 aromatic carbocycles. The van der Waals surface area contributed by atoms with Crippen LogP contribution in [0.1, 0.15) is 29.6 Å². The Labute approximate surface area is 172 Å². The number of aliphatic carboxylic acids is 1. The maximum absolute atomic E-state index is 13.2. The van der Waals surface area contributed by atoms with Crippen molar-refractivity contribution < 1.29 is 24.3 Å². The van der Waals surface area contributed by atoms with E-state index in [2.05, 4.69) is 10.6 Å². The highest BCUT2D eigenvalue weighted by Crippen LogP contribution is 2.32. The number of hydrogen-bond acceptors (Lipinski definition) is 4. The number of benzene rings is 2. The van der Waals surface area contributed by atoms with E-state index in [0.29, 0.717) is 24.2 Å². The number of rotatable bonds is 5. The summed E-state index contributed by atoms with van der Waals surface area (Å²) in [6.45, 7) is 0.329. The molecule has 1 fully saturated rings. The summed E-state index contributed by atoms with van der Waals surface area (Å²) in [7, 11) is 0. The molecule has 0 spiro atoms. The number of carboxylic acids is 1. The van der Waals surface area contributed by atoms with Gasteiger partial charge in [0.15, 0.2) is 0 Å². The van der Waals surface area contributed by atoms with E-state index < -0.39 is 24.0 Å². The van der Waals surface area contributed by atoms with Crippen LogP contribution in [-0.4, -0.2) is 52.3 Å². The molecule has 30 heavy (non-hydrogen) atoms. The van der Waals surface area contributed by atoms with Gasteiger partial charge >= 0.3 is 5.97 Å². The second kappa shape index (κ2) is 7.98. The Bertz CT molecular complexity index is 1020. The maximum Gasteiger partial charge on any atom is 0.303 e. The molecular weight excluding hydrogens is 386 g/mol. The molecule has 1 saturated heterocycles. The van der Waals surface area contributed by atoms with Gasteiger partial charge in [0.1, 0.15) is 6.04 Å². The van der Waals surface area contributed by atoms with Crippen LogP contribution in [0.4, 0.5) is 5.69 Å². The first-order valence-corrected chi connectivity index (χ1v) is 9.76. The minimum absolute atomic E-state index is 0.172. The van der Waals surface area contributed by atoms with Crippen LogP contribution in [-0.2, 0) is 14.4 Å². The van der Waals surface area contributed by atoms with Gasteiger partial charge in [-0.05, 0) is 29.7 Å². The normalized spacial score (nSPS) is 20.1. The molecule has 3 N–H and O–H groups in total. The predicted octanol–water partition coefficient (Wildman–Crippen LogP) is 1.87. The first-order valence-electron chi connectivity index (χ1n) is 9.76. The van der Waals surface area contributed by atoms with Crippen LogP contribution in [0.25, 0.3) is 11.1 Å². The second-order valence-corrected chi connectivity index (χ2v) is 7.42. The zero-order chi connectivity index (χ0) is 21.3. The molecule has 2 aromatic rings. The molecule has 2 atom stereocenters. The van der Waals surface area contributed by atoms with Crippen LogP contribution in [0, 0.1) is 0 Å². The van der Waals surface area contributed by atoms with Gasteiger partial charge in [-0.2, -0.15) is 0 Å². The highest BCUT2D eigenvalue weighted by molar-refractivity contribution is 6.11. The summed E-state index contributed by atoms with van der Waals surface area (Å²) in [6.07, 6.45) is -0.0309. The summed E-state index contributed by atoms with van der Waals surface area (Å²) in [5.41, 5.74) is 2.68. The van der Waals surface area contributed by atoms with E-state index >= 15 is 0 Å². The van der Waals surface area contributed by atoms with Crippen molar-refractivity contribution in [3.63, 3.8) is 0 Å². The summed E-state index contributed by atoms with van der Waals surface area (Å²) in [6, 6.07) is 13.6. The van der Waals surface area contributed by atoms with Gasteiger partial charge in [0.05, 0.1) is 23.7 Å². The Morgan fingerprint density at radius 1 is 1.07 bits per heavy atom. The van der Waals surface area contributed by atoms with Gasteiger partial charge in [-0.15, -0.1) is 0 Å². The quantitative estimate of drug-likeness (QED) is 0.700. The van der Waals surface area contributed by atoms with Gasteiger partial charge in [0.25, 0.3) is 5.91 Å². The van der Waals surface area contributed by atoms with E-state index in [-0.39, 0.29) is 24.7 Å². The van der Waals surface area contributed by atoms with Crippen molar-refractivity contribution in [1.82, 2.24) is 10.2 Å². The Kier molecular flexibility index (Phi) is 5.22. The van der Waals surface area contributed by atoms with Crippen LogP contribution < -0.4 is 10.6 Å². The van der Waals surface area contributed by atoms with Crippen LogP contribution in [0.2, 0.25) is 0 Å². The fraction of sp³-hybridized carbons (Fsp3) is 0.273. The Balaban J connectivity index is 1.58. The fourth-order valence-corrected chi connectivity index (χ4v) is 4.00. The number of nitrogens with zero attached hydrogens (tertiary/aromatic N) is 1. The number of carbonyl (C=O) groups excluding carboxylic acids is 3. The van der Waals surface area contributed by atoms with Gasteiger partial charge in [0.2, 0.25) is 11.8 Å². The number of nitrogens with one attached hydrogen (secondary N) is 2. The number of carboxylic acid groups (broad SMARTS) is 1. The largest absolute Gasteiger partial charge is 0.481 e. The van der Waals surface area contributed by atoms with E-state index in [1.54, 1.807) is 12.1 Å². The fourth-order valence-electron chi connectivity index (χ4n) is 4.00. The molecule has 2 heterocycles. The summed E-state index contributed by atoms with van der Waals surface area (Å²) in [4.78, 5) is 50.3. The topological polar surface area (TPSA) is 116 Å². The smallest absolute Gasteiger partial charge is 0.303 e. The Morgan fingerprint density at radius 3 is 2.57 bits per heavy atom. The third-order valence-electron chi connectivity index (χ3n) is 5.45. The summed E-state index contributed by atoms with van der Waals surface area (Å²) in [5.74, 6) is -2.15. The average molecular weight is 407 g/mol. The van der Waals surface area contributed by atoms with Crippen molar-refractivity contribution in [3.05, 3.63) is 54.1 Å². The van der Waals surface area contributed by atoms with E-state index in [0.717, 1.165) is 11.1 Å². The third kappa shape index (κ3) is 3.76. The molecule has 3 amide bonds. The van der Waals surface area contributed by atoms with Crippen LogP contribution >= 0.6 is 0 Å². The predicted molar refractivity (Wildman–Crippen MR) is 109 cm³/mol. The Morgan fingerprint density at radius 2 is 1.83 bits per heavy atom. The molecule has 2 aliphatic rings. The van der Waals surface area contributed by atoms with Crippen molar-refractivity contribution in [2.24, 2.45) is 0 Å². The second-order valence-electron chi connectivity index (χ2n) is 7.42. The van der Waals surface area contributed by atoms with Gasteiger partial charge < -0.3 is 20.6 Å². The molecule has 0 saturated carbocycles. The van der Waals surface area contributed by atoms with E-state index in [1.807, 2.05) is 36.4 Å². The van der Waals surface area contributed by atoms with Gasteiger partial charge in [-0.3, -0.25) is 19.2 Å². The van der Waals surface area contributed by atoms with E-state index in [1.165, 1.54) is 4.90 Å². The molecule has 0 radical (unpaired) electrons. The molecule has 0 bridgehead atoms. The number of amides is 3.